The molecular weight excluding hydrogens is 558 g/mol. The molecule has 0 radical (unpaired) electrons. The maximum absolute atomic E-state index is 14.6. The normalized spacial score (nSPS) is 12.5. The molecule has 0 aromatic heterocycles. The molecule has 0 saturated carbocycles. The molecule has 0 aliphatic carbocycles. The highest BCUT2D eigenvalue weighted by Gasteiger charge is 2.36. The predicted molar refractivity (Wildman–Crippen MR) is 172 cm³/mol. The third-order valence-electron chi connectivity index (χ3n) is 7.03. The number of nitrogens with one attached hydrogen (secondary N) is 2. The van der Waals surface area contributed by atoms with Gasteiger partial charge in [0, 0.05) is 19.5 Å². The summed E-state index contributed by atoms with van der Waals surface area (Å²) in [6.07, 6.45) is 4.29. The SMILES string of the molecule is CCCCCCCN(C(=O)C(Cc1ccccc1)NC(=O)OC(C)(C)C)C(C(=O)NCCC(=O)OCC)c1ccccc1C. The van der Waals surface area contributed by atoms with Crippen LogP contribution in [0, 0.1) is 6.92 Å². The van der Waals surface area contributed by atoms with Gasteiger partial charge in [0.2, 0.25) is 11.8 Å². The topological polar surface area (TPSA) is 114 Å². The first kappa shape index (κ1) is 36.3. The fourth-order valence-electron chi connectivity index (χ4n) is 4.91. The first-order valence-electron chi connectivity index (χ1n) is 15.8. The van der Waals surface area contributed by atoms with Crippen LogP contribution >= 0.6 is 0 Å². The molecule has 0 bridgehead atoms. The summed E-state index contributed by atoms with van der Waals surface area (Å²) in [5, 5.41) is 5.66. The number of amides is 3. The van der Waals surface area contributed by atoms with Gasteiger partial charge < -0.3 is 25.0 Å². The maximum atomic E-state index is 14.6. The van der Waals surface area contributed by atoms with Crippen LogP contribution in [0.5, 0.6) is 0 Å². The summed E-state index contributed by atoms with van der Waals surface area (Å²) in [7, 11) is 0. The zero-order valence-electron chi connectivity index (χ0n) is 27.3. The van der Waals surface area contributed by atoms with Gasteiger partial charge in [-0.15, -0.1) is 0 Å². The Balaban J connectivity index is 2.51. The Kier molecular flexibility index (Phi) is 15.4. The van der Waals surface area contributed by atoms with Gasteiger partial charge in [0.15, 0.2) is 0 Å². The van der Waals surface area contributed by atoms with Crippen molar-refractivity contribution in [1.29, 1.82) is 0 Å². The number of esters is 1. The van der Waals surface area contributed by atoms with Crippen LogP contribution < -0.4 is 10.6 Å². The Morgan fingerprint density at radius 2 is 1.55 bits per heavy atom. The molecule has 0 aliphatic heterocycles. The summed E-state index contributed by atoms with van der Waals surface area (Å²) in [5.41, 5.74) is 1.63. The third kappa shape index (κ3) is 12.8. The van der Waals surface area contributed by atoms with Gasteiger partial charge in [-0.25, -0.2) is 4.79 Å². The number of hydrogen-bond acceptors (Lipinski definition) is 6. The van der Waals surface area contributed by atoms with Crippen molar-refractivity contribution in [2.24, 2.45) is 0 Å². The van der Waals surface area contributed by atoms with Crippen LogP contribution in [-0.4, -0.2) is 60.1 Å². The largest absolute Gasteiger partial charge is 0.466 e. The molecule has 2 N–H and O–H groups in total. The molecule has 9 nitrogen and oxygen atoms in total. The number of aryl methyl sites for hydroxylation is 1. The molecule has 2 atom stereocenters. The Labute approximate surface area is 263 Å². The molecule has 0 saturated heterocycles. The van der Waals surface area contributed by atoms with Crippen molar-refractivity contribution in [3.8, 4) is 0 Å². The minimum Gasteiger partial charge on any atom is -0.466 e. The van der Waals surface area contributed by atoms with Crippen LogP contribution in [0.2, 0.25) is 0 Å². The third-order valence-corrected chi connectivity index (χ3v) is 7.03. The second-order valence-electron chi connectivity index (χ2n) is 11.9. The zero-order chi connectivity index (χ0) is 32.5. The van der Waals surface area contributed by atoms with E-state index < -0.39 is 35.7 Å². The van der Waals surface area contributed by atoms with E-state index in [-0.39, 0.29) is 31.9 Å². The van der Waals surface area contributed by atoms with Crippen LogP contribution in [0.25, 0.3) is 0 Å². The van der Waals surface area contributed by atoms with Gasteiger partial charge >= 0.3 is 12.1 Å². The molecule has 0 heterocycles. The van der Waals surface area contributed by atoms with Crippen LogP contribution in [0.4, 0.5) is 4.79 Å². The molecule has 0 fully saturated rings. The van der Waals surface area contributed by atoms with Crippen LogP contribution in [0.3, 0.4) is 0 Å². The number of ether oxygens (including phenoxy) is 2. The van der Waals surface area contributed by atoms with E-state index in [2.05, 4.69) is 17.6 Å². The van der Waals surface area contributed by atoms with Crippen molar-refractivity contribution in [2.75, 3.05) is 19.7 Å². The standard InChI is InChI=1S/C35H51N3O6/c1-7-9-10-11-17-24-38(31(28-21-16-15-18-26(28)3)32(40)36-23-22-30(39)43-8-2)33(41)29(25-27-19-13-12-14-20-27)37-34(42)44-35(4,5)6/h12-16,18-21,29,31H,7-11,17,22-25H2,1-6H3,(H,36,40)(H,37,42). The summed E-state index contributed by atoms with van der Waals surface area (Å²) in [6, 6.07) is 14.9. The van der Waals surface area contributed by atoms with Crippen LogP contribution in [0.15, 0.2) is 54.6 Å². The molecular formula is C35H51N3O6. The van der Waals surface area contributed by atoms with E-state index in [1.807, 2.05) is 61.5 Å². The monoisotopic (exact) mass is 609 g/mol. The van der Waals surface area contributed by atoms with Gasteiger partial charge in [0.05, 0.1) is 13.0 Å². The molecule has 242 valence electrons. The Hall–Kier alpha value is -3.88. The van der Waals surface area contributed by atoms with E-state index in [9.17, 15) is 19.2 Å². The lowest BCUT2D eigenvalue weighted by Gasteiger charge is -2.35. The van der Waals surface area contributed by atoms with Gasteiger partial charge in [0.1, 0.15) is 17.7 Å². The van der Waals surface area contributed by atoms with Crippen molar-refractivity contribution < 1.29 is 28.7 Å². The minimum absolute atomic E-state index is 0.0157. The Morgan fingerprint density at radius 1 is 0.886 bits per heavy atom. The second-order valence-corrected chi connectivity index (χ2v) is 11.9. The molecule has 0 aliphatic rings. The van der Waals surface area contributed by atoms with E-state index in [0.29, 0.717) is 18.5 Å². The lowest BCUT2D eigenvalue weighted by Crippen LogP contribution is -2.54. The summed E-state index contributed by atoms with van der Waals surface area (Å²) < 4.78 is 10.5. The lowest BCUT2D eigenvalue weighted by atomic mass is 9.96. The smallest absolute Gasteiger partial charge is 0.408 e. The average molecular weight is 610 g/mol. The first-order valence-corrected chi connectivity index (χ1v) is 15.8. The van der Waals surface area contributed by atoms with E-state index in [1.54, 1.807) is 32.6 Å². The van der Waals surface area contributed by atoms with Crippen LogP contribution in [0.1, 0.15) is 95.9 Å². The first-order chi connectivity index (χ1) is 21.0. The molecule has 3 amide bonds. The van der Waals surface area contributed by atoms with E-state index >= 15 is 0 Å². The highest BCUT2D eigenvalue weighted by atomic mass is 16.6. The number of alkyl carbamates (subject to hydrolysis) is 1. The predicted octanol–water partition coefficient (Wildman–Crippen LogP) is 6.04. The summed E-state index contributed by atoms with van der Waals surface area (Å²) in [6.45, 7) is 11.7. The summed E-state index contributed by atoms with van der Waals surface area (Å²) in [4.78, 5) is 55.0. The number of hydrogen-bond donors (Lipinski definition) is 2. The van der Waals surface area contributed by atoms with Crippen molar-refractivity contribution >= 4 is 23.9 Å². The molecule has 2 aromatic carbocycles. The van der Waals surface area contributed by atoms with Crippen molar-refractivity contribution in [3.63, 3.8) is 0 Å². The number of nitrogens with zero attached hydrogens (tertiary/aromatic N) is 1. The zero-order valence-corrected chi connectivity index (χ0v) is 27.3. The molecule has 44 heavy (non-hydrogen) atoms. The number of rotatable bonds is 17. The number of benzene rings is 2. The number of carbonyl (C=O) groups excluding carboxylic acids is 4. The molecule has 2 unspecified atom stereocenters. The molecule has 0 spiro atoms. The average Bonchev–Trinajstić information content (AvgIpc) is 2.96. The van der Waals surface area contributed by atoms with Crippen molar-refractivity contribution in [1.82, 2.24) is 15.5 Å². The van der Waals surface area contributed by atoms with Crippen LogP contribution in [-0.2, 0) is 30.3 Å². The maximum Gasteiger partial charge on any atom is 0.408 e. The second kappa shape index (κ2) is 18.7. The van der Waals surface area contributed by atoms with Gasteiger partial charge in [-0.3, -0.25) is 14.4 Å². The van der Waals surface area contributed by atoms with Crippen molar-refractivity contribution in [2.45, 2.75) is 104 Å². The molecule has 9 heteroatoms. The van der Waals surface area contributed by atoms with E-state index in [0.717, 1.165) is 36.8 Å². The highest BCUT2D eigenvalue weighted by Crippen LogP contribution is 2.27. The summed E-state index contributed by atoms with van der Waals surface area (Å²) >= 11 is 0. The fraction of sp³-hybridized carbons (Fsp3) is 0.543. The van der Waals surface area contributed by atoms with Gasteiger partial charge in [-0.1, -0.05) is 87.2 Å². The number of unbranched alkanes of at least 4 members (excludes halogenated alkanes) is 4. The molecule has 2 aromatic rings. The number of carbonyl (C=O) groups is 4. The molecule has 2 rings (SSSR count). The van der Waals surface area contributed by atoms with E-state index in [1.165, 1.54) is 0 Å². The Morgan fingerprint density at radius 3 is 2.18 bits per heavy atom. The van der Waals surface area contributed by atoms with E-state index in [4.69, 9.17) is 9.47 Å². The Bertz CT molecular complexity index is 1190. The van der Waals surface area contributed by atoms with Gasteiger partial charge in [-0.05, 0) is 57.7 Å². The minimum atomic E-state index is -0.984. The summed E-state index contributed by atoms with van der Waals surface area (Å²) in [5.74, 6) is -1.20. The fourth-order valence-corrected chi connectivity index (χ4v) is 4.91. The van der Waals surface area contributed by atoms with Crippen molar-refractivity contribution in [3.05, 3.63) is 71.3 Å². The lowest BCUT2D eigenvalue weighted by molar-refractivity contribution is -0.144. The van der Waals surface area contributed by atoms with Gasteiger partial charge in [-0.2, -0.15) is 0 Å². The van der Waals surface area contributed by atoms with Gasteiger partial charge in [0.25, 0.3) is 0 Å². The highest BCUT2D eigenvalue weighted by molar-refractivity contribution is 5.92. The quantitative estimate of drug-likeness (QED) is 0.167.